The van der Waals surface area contributed by atoms with Gasteiger partial charge in [0.05, 0.1) is 13.2 Å². The lowest BCUT2D eigenvalue weighted by molar-refractivity contribution is -0.00775. The number of H-pyrrole nitrogens is 1. The second kappa shape index (κ2) is 10.7. The van der Waals surface area contributed by atoms with Crippen molar-refractivity contribution in [2.75, 3.05) is 19.8 Å². The zero-order chi connectivity index (χ0) is 23.1. The van der Waals surface area contributed by atoms with Crippen molar-refractivity contribution in [2.45, 2.75) is 32.6 Å². The van der Waals surface area contributed by atoms with E-state index in [-0.39, 0.29) is 19.8 Å². The van der Waals surface area contributed by atoms with Crippen LogP contribution >= 0.6 is 7.60 Å². The van der Waals surface area contributed by atoms with Crippen molar-refractivity contribution in [3.63, 3.8) is 0 Å². The Bertz CT molecular complexity index is 1130. The molecule has 2 aromatic rings. The summed E-state index contributed by atoms with van der Waals surface area (Å²) < 4.78 is 30.4. The van der Waals surface area contributed by atoms with Gasteiger partial charge in [-0.05, 0) is 31.9 Å². The summed E-state index contributed by atoms with van der Waals surface area (Å²) in [5.41, 5.74) is -0.516. The quantitative estimate of drug-likeness (QED) is 0.409. The molecule has 1 amide bonds. The van der Waals surface area contributed by atoms with Crippen molar-refractivity contribution in [1.82, 2.24) is 14.9 Å². The van der Waals surface area contributed by atoms with Gasteiger partial charge < -0.3 is 14.6 Å². The van der Waals surface area contributed by atoms with Crippen LogP contribution in [0.3, 0.4) is 0 Å². The molecule has 2 heterocycles. The Morgan fingerprint density at radius 2 is 1.97 bits per heavy atom. The number of hydrogen-bond acceptors (Lipinski definition) is 7. The third kappa shape index (κ3) is 5.92. The molecule has 1 unspecified atom stereocenters. The molecule has 0 saturated heterocycles. The highest BCUT2D eigenvalue weighted by Crippen LogP contribution is 2.49. The van der Waals surface area contributed by atoms with E-state index in [0.717, 1.165) is 5.56 Å². The van der Waals surface area contributed by atoms with Crippen LogP contribution in [-0.4, -0.2) is 41.1 Å². The van der Waals surface area contributed by atoms with Crippen LogP contribution in [0.25, 0.3) is 0 Å². The lowest BCUT2D eigenvalue weighted by atomic mass is 10.2. The Morgan fingerprint density at radius 3 is 2.69 bits per heavy atom. The highest BCUT2D eigenvalue weighted by atomic mass is 31.2. The van der Waals surface area contributed by atoms with E-state index in [2.05, 4.69) is 10.3 Å². The molecule has 1 aliphatic heterocycles. The second-order valence-electron chi connectivity index (χ2n) is 7.11. The Hall–Kier alpha value is -2.78. The van der Waals surface area contributed by atoms with Gasteiger partial charge in [0.25, 0.3) is 5.56 Å². The summed E-state index contributed by atoms with van der Waals surface area (Å²) in [6.07, 6.45) is 3.77. The fourth-order valence-corrected chi connectivity index (χ4v) is 4.37. The van der Waals surface area contributed by atoms with Gasteiger partial charge in [0, 0.05) is 18.3 Å². The maximum absolute atomic E-state index is 13.0. The number of aryl methyl sites for hydroxylation is 1. The molecule has 3 rings (SSSR count). The Balaban J connectivity index is 1.56. The molecular weight excluding hydrogens is 437 g/mol. The molecule has 0 bridgehead atoms. The van der Waals surface area contributed by atoms with Crippen LogP contribution in [0, 0.1) is 6.92 Å². The summed E-state index contributed by atoms with van der Waals surface area (Å²) >= 11 is 0. The molecule has 1 aromatic heterocycles. The summed E-state index contributed by atoms with van der Waals surface area (Å²) in [5.74, 6) is 0. The molecular formula is C21H26N3O7P. The van der Waals surface area contributed by atoms with Gasteiger partial charge in [0.2, 0.25) is 0 Å². The van der Waals surface area contributed by atoms with Crippen molar-refractivity contribution < 1.29 is 23.1 Å². The number of aromatic amines is 1. The van der Waals surface area contributed by atoms with Gasteiger partial charge in [-0.1, -0.05) is 36.4 Å². The molecule has 0 spiro atoms. The van der Waals surface area contributed by atoms with E-state index in [1.807, 2.05) is 30.3 Å². The minimum absolute atomic E-state index is 0.0272. The number of carbonyl (C=O) groups excluding carboxylic acids is 1. The number of nitrogens with one attached hydrogen (secondary N) is 2. The Labute approximate surface area is 184 Å². The summed E-state index contributed by atoms with van der Waals surface area (Å²) in [6.45, 7) is 3.27. The first-order valence-corrected chi connectivity index (χ1v) is 11.7. The third-order valence-corrected chi connectivity index (χ3v) is 6.46. The molecule has 1 aliphatic rings. The van der Waals surface area contributed by atoms with Crippen LogP contribution in [0.15, 0.2) is 58.3 Å². The number of amides is 1. The first-order chi connectivity index (χ1) is 15.3. The van der Waals surface area contributed by atoms with Crippen LogP contribution in [0.1, 0.15) is 24.3 Å². The number of carbonyl (C=O) groups is 1. The average molecular weight is 463 g/mol. The normalized spacial score (nSPS) is 19.6. The number of rotatable bonds is 10. The highest BCUT2D eigenvalue weighted by Gasteiger charge is 2.36. The molecule has 1 aromatic carbocycles. The summed E-state index contributed by atoms with van der Waals surface area (Å²) in [7, 11) is -4.08. The maximum Gasteiger partial charge on any atom is 0.418 e. The fourth-order valence-electron chi connectivity index (χ4n) is 3.07. The fraction of sp³-hybridized carbons (Fsp3) is 0.381. The van der Waals surface area contributed by atoms with E-state index in [0.29, 0.717) is 12.0 Å². The van der Waals surface area contributed by atoms with E-state index >= 15 is 0 Å². The molecule has 32 heavy (non-hydrogen) atoms. The number of nitrogens with zero attached hydrogens (tertiary/aromatic N) is 1. The molecule has 11 heteroatoms. The monoisotopic (exact) mass is 463 g/mol. The predicted molar refractivity (Wildman–Crippen MR) is 118 cm³/mol. The van der Waals surface area contributed by atoms with Crippen molar-refractivity contribution in [3.05, 3.63) is 80.6 Å². The van der Waals surface area contributed by atoms with E-state index in [9.17, 15) is 18.9 Å². The minimum atomic E-state index is -4.08. The van der Waals surface area contributed by atoms with Crippen molar-refractivity contribution in [2.24, 2.45) is 0 Å². The molecule has 172 valence electrons. The number of benzene rings is 1. The molecule has 3 atom stereocenters. The molecule has 2 N–H and O–H groups in total. The largest absolute Gasteiger partial charge is 0.418 e. The average Bonchev–Trinajstić information content (AvgIpc) is 3.24. The predicted octanol–water partition coefficient (Wildman–Crippen LogP) is 2.50. The first kappa shape index (κ1) is 23.9. The summed E-state index contributed by atoms with van der Waals surface area (Å²) in [5, 5.41) is 2.60. The first-order valence-electron chi connectivity index (χ1n) is 10.2. The molecule has 0 aliphatic carbocycles. The Kier molecular flexibility index (Phi) is 7.98. The van der Waals surface area contributed by atoms with Gasteiger partial charge in [-0.2, -0.15) is 0 Å². The lowest BCUT2D eigenvalue weighted by Crippen LogP contribution is -2.33. The van der Waals surface area contributed by atoms with Crippen molar-refractivity contribution in [3.8, 4) is 0 Å². The zero-order valence-corrected chi connectivity index (χ0v) is 18.7. The number of aromatic nitrogens is 2. The minimum Gasteiger partial charge on any atom is -0.345 e. The topological polar surface area (TPSA) is 129 Å². The third-order valence-electron chi connectivity index (χ3n) is 4.71. The zero-order valence-electron chi connectivity index (χ0n) is 17.9. The van der Waals surface area contributed by atoms with Crippen LogP contribution in [0.2, 0.25) is 0 Å². The molecule has 0 saturated carbocycles. The van der Waals surface area contributed by atoms with Gasteiger partial charge >= 0.3 is 18.9 Å². The lowest BCUT2D eigenvalue weighted by Gasteiger charge is -2.20. The second-order valence-corrected chi connectivity index (χ2v) is 9.02. The number of hydrogen-bond donors (Lipinski definition) is 2. The van der Waals surface area contributed by atoms with Crippen LogP contribution in [0.5, 0.6) is 0 Å². The molecule has 0 fully saturated rings. The molecule has 10 nitrogen and oxygen atoms in total. The van der Waals surface area contributed by atoms with Crippen molar-refractivity contribution in [1.29, 1.82) is 0 Å². The highest BCUT2D eigenvalue weighted by molar-refractivity contribution is 7.71. The SMILES string of the molecule is CCOP(=O)(OC[C@@H]1C=C[C@H](n2cc(C)c(=O)[nH]c2=O)O1)C(=O)NCCc1ccccc1. The van der Waals surface area contributed by atoms with Gasteiger partial charge in [-0.3, -0.25) is 23.7 Å². The summed E-state index contributed by atoms with van der Waals surface area (Å²) in [4.78, 5) is 38.3. The van der Waals surface area contributed by atoms with Gasteiger partial charge in [0.1, 0.15) is 6.10 Å². The summed E-state index contributed by atoms with van der Waals surface area (Å²) in [6, 6.07) is 9.56. The smallest absolute Gasteiger partial charge is 0.345 e. The maximum atomic E-state index is 13.0. The van der Waals surface area contributed by atoms with Gasteiger partial charge in [0.15, 0.2) is 6.23 Å². The van der Waals surface area contributed by atoms with E-state index in [4.69, 9.17) is 13.8 Å². The van der Waals surface area contributed by atoms with Crippen LogP contribution in [-0.2, 0) is 24.8 Å². The van der Waals surface area contributed by atoms with E-state index in [1.54, 1.807) is 26.0 Å². The van der Waals surface area contributed by atoms with Gasteiger partial charge in [-0.15, -0.1) is 0 Å². The molecule has 0 radical (unpaired) electrons. The number of ether oxygens (including phenoxy) is 1. The van der Waals surface area contributed by atoms with Crippen LogP contribution in [0.4, 0.5) is 4.79 Å². The standard InChI is InChI=1S/C21H26N3O7P/c1-3-29-32(28,21(27)22-12-11-16-7-5-4-6-8-16)30-14-17-9-10-18(31-17)24-13-15(2)19(25)23-20(24)26/h4-10,13,17-18H,3,11-12,14H2,1-2H3,(H,22,27)(H,23,25,26)/t17-,18+,32?/m0/s1. The van der Waals surface area contributed by atoms with E-state index in [1.165, 1.54) is 10.8 Å². The van der Waals surface area contributed by atoms with Gasteiger partial charge in [-0.25, -0.2) is 9.36 Å². The van der Waals surface area contributed by atoms with E-state index < -0.39 is 36.8 Å². The Morgan fingerprint density at radius 1 is 1.22 bits per heavy atom. The van der Waals surface area contributed by atoms with Crippen molar-refractivity contribution >= 4 is 13.2 Å². The van der Waals surface area contributed by atoms with Crippen LogP contribution < -0.4 is 16.6 Å².